The highest BCUT2D eigenvalue weighted by molar-refractivity contribution is 6.35. The van der Waals surface area contributed by atoms with Crippen LogP contribution in [0, 0.1) is 5.92 Å². The molecule has 0 radical (unpaired) electrons. The lowest BCUT2D eigenvalue weighted by atomic mass is 9.95. The van der Waals surface area contributed by atoms with Crippen LogP contribution in [0.1, 0.15) is 24.0 Å². The van der Waals surface area contributed by atoms with E-state index in [4.69, 9.17) is 23.2 Å². The summed E-state index contributed by atoms with van der Waals surface area (Å²) in [5, 5.41) is 4.05. The molecule has 27 heavy (non-hydrogen) atoms. The lowest BCUT2D eigenvalue weighted by molar-refractivity contribution is -0.135. The van der Waals surface area contributed by atoms with E-state index in [-0.39, 0.29) is 24.2 Å². The largest absolute Gasteiger partial charge is 0.352 e. The first-order valence-corrected chi connectivity index (χ1v) is 9.82. The predicted octanol–water partition coefficient (Wildman–Crippen LogP) is 4.09. The van der Waals surface area contributed by atoms with Crippen LogP contribution in [0.4, 0.5) is 0 Å². The summed E-state index contributed by atoms with van der Waals surface area (Å²) in [5.41, 5.74) is 1.85. The third kappa shape index (κ3) is 5.47. The van der Waals surface area contributed by atoms with Gasteiger partial charge in [0.15, 0.2) is 0 Å². The van der Waals surface area contributed by atoms with Gasteiger partial charge in [0.25, 0.3) is 0 Å². The molecule has 2 amide bonds. The number of hydrogen-bond donors (Lipinski definition) is 1. The quantitative estimate of drug-likeness (QED) is 0.815. The molecular weight excluding hydrogens is 383 g/mol. The van der Waals surface area contributed by atoms with Crippen LogP contribution in [-0.4, -0.2) is 29.8 Å². The maximum atomic E-state index is 12.5. The second-order valence-corrected chi connectivity index (χ2v) is 7.61. The van der Waals surface area contributed by atoms with E-state index in [0.29, 0.717) is 42.5 Å². The summed E-state index contributed by atoms with van der Waals surface area (Å²) in [6.45, 7) is 1.72. The van der Waals surface area contributed by atoms with Gasteiger partial charge in [-0.05, 0) is 36.1 Å². The molecule has 1 N–H and O–H groups in total. The van der Waals surface area contributed by atoms with Crippen LogP contribution in [0.15, 0.2) is 48.5 Å². The van der Waals surface area contributed by atoms with Gasteiger partial charge < -0.3 is 10.2 Å². The Labute approximate surface area is 169 Å². The van der Waals surface area contributed by atoms with Crippen molar-refractivity contribution in [3.05, 3.63) is 69.7 Å². The molecule has 0 spiro atoms. The van der Waals surface area contributed by atoms with Crippen LogP contribution in [-0.2, 0) is 22.6 Å². The van der Waals surface area contributed by atoms with Crippen LogP contribution in [0.2, 0.25) is 10.0 Å². The minimum Gasteiger partial charge on any atom is -0.352 e. The molecule has 2 aromatic rings. The molecule has 6 heteroatoms. The SMILES string of the molecule is O=C(NCc1ccccc1)C1CCN(C(=O)Cc2ccc(Cl)cc2Cl)CC1. The Kier molecular flexibility index (Phi) is 6.75. The van der Waals surface area contributed by atoms with Gasteiger partial charge in [0.05, 0.1) is 6.42 Å². The summed E-state index contributed by atoms with van der Waals surface area (Å²) in [6, 6.07) is 15.0. The van der Waals surface area contributed by atoms with Gasteiger partial charge in [-0.25, -0.2) is 0 Å². The normalized spacial score (nSPS) is 14.8. The fraction of sp³-hybridized carbons (Fsp3) is 0.333. The Bertz CT molecular complexity index is 803. The van der Waals surface area contributed by atoms with E-state index in [1.807, 2.05) is 35.2 Å². The van der Waals surface area contributed by atoms with Crippen molar-refractivity contribution in [2.45, 2.75) is 25.8 Å². The zero-order valence-electron chi connectivity index (χ0n) is 15.0. The highest BCUT2D eigenvalue weighted by atomic mass is 35.5. The smallest absolute Gasteiger partial charge is 0.227 e. The maximum Gasteiger partial charge on any atom is 0.227 e. The number of benzene rings is 2. The molecule has 2 aromatic carbocycles. The fourth-order valence-corrected chi connectivity index (χ4v) is 3.74. The Hall–Kier alpha value is -2.04. The minimum absolute atomic E-state index is 0.0300. The van der Waals surface area contributed by atoms with Gasteiger partial charge in [0.1, 0.15) is 0 Å². The molecule has 0 aliphatic carbocycles. The number of likely N-dealkylation sites (tertiary alicyclic amines) is 1. The zero-order valence-corrected chi connectivity index (χ0v) is 16.5. The second kappa shape index (κ2) is 9.25. The Morgan fingerprint density at radius 1 is 1.04 bits per heavy atom. The maximum absolute atomic E-state index is 12.5. The summed E-state index contributed by atoms with van der Waals surface area (Å²) < 4.78 is 0. The van der Waals surface area contributed by atoms with E-state index in [2.05, 4.69) is 5.32 Å². The number of carbonyl (C=O) groups is 2. The summed E-state index contributed by atoms with van der Waals surface area (Å²) >= 11 is 12.0. The van der Waals surface area contributed by atoms with Crippen molar-refractivity contribution < 1.29 is 9.59 Å². The average molecular weight is 405 g/mol. The molecule has 0 saturated carbocycles. The van der Waals surface area contributed by atoms with Crippen molar-refractivity contribution in [3.8, 4) is 0 Å². The van der Waals surface area contributed by atoms with Gasteiger partial charge in [0.2, 0.25) is 11.8 Å². The topological polar surface area (TPSA) is 49.4 Å². The number of carbonyl (C=O) groups excluding carboxylic acids is 2. The van der Waals surface area contributed by atoms with E-state index in [1.165, 1.54) is 0 Å². The van der Waals surface area contributed by atoms with Gasteiger partial charge in [0, 0.05) is 35.6 Å². The molecule has 3 rings (SSSR count). The van der Waals surface area contributed by atoms with Crippen LogP contribution < -0.4 is 5.32 Å². The molecule has 1 fully saturated rings. The number of rotatable bonds is 5. The van der Waals surface area contributed by atoms with Crippen LogP contribution in [0.3, 0.4) is 0 Å². The number of piperidine rings is 1. The highest BCUT2D eigenvalue weighted by Crippen LogP contribution is 2.23. The van der Waals surface area contributed by atoms with E-state index >= 15 is 0 Å². The highest BCUT2D eigenvalue weighted by Gasteiger charge is 2.27. The van der Waals surface area contributed by atoms with Crippen molar-refractivity contribution in [3.63, 3.8) is 0 Å². The number of hydrogen-bond acceptors (Lipinski definition) is 2. The zero-order chi connectivity index (χ0) is 19.2. The molecule has 4 nitrogen and oxygen atoms in total. The molecule has 1 aliphatic rings. The molecule has 142 valence electrons. The lowest BCUT2D eigenvalue weighted by Gasteiger charge is -2.31. The Balaban J connectivity index is 1.46. The minimum atomic E-state index is -0.0446. The first-order chi connectivity index (χ1) is 13.0. The Morgan fingerprint density at radius 2 is 1.74 bits per heavy atom. The van der Waals surface area contributed by atoms with Crippen molar-refractivity contribution in [1.29, 1.82) is 0 Å². The summed E-state index contributed by atoms with van der Waals surface area (Å²) in [7, 11) is 0. The standard InChI is InChI=1S/C21H22Cl2N2O2/c22-18-7-6-17(19(23)13-18)12-20(26)25-10-8-16(9-11-25)21(27)24-14-15-4-2-1-3-5-15/h1-7,13,16H,8-12,14H2,(H,24,27). The summed E-state index contributed by atoms with van der Waals surface area (Å²) in [4.78, 5) is 26.7. The van der Waals surface area contributed by atoms with Crippen LogP contribution in [0.25, 0.3) is 0 Å². The number of halogens is 2. The van der Waals surface area contributed by atoms with Crippen molar-refractivity contribution >= 4 is 35.0 Å². The summed E-state index contributed by atoms with van der Waals surface area (Å²) in [5.74, 6) is 0.0472. The first kappa shape index (κ1) is 19.7. The molecule has 1 heterocycles. The van der Waals surface area contributed by atoms with Crippen molar-refractivity contribution in [2.75, 3.05) is 13.1 Å². The van der Waals surface area contributed by atoms with Gasteiger partial charge in [-0.15, -0.1) is 0 Å². The molecule has 0 bridgehead atoms. The summed E-state index contributed by atoms with van der Waals surface area (Å²) in [6.07, 6.45) is 1.61. The third-order valence-corrected chi connectivity index (χ3v) is 5.47. The molecule has 1 saturated heterocycles. The predicted molar refractivity (Wildman–Crippen MR) is 108 cm³/mol. The van der Waals surface area contributed by atoms with Crippen molar-refractivity contribution in [1.82, 2.24) is 10.2 Å². The van der Waals surface area contributed by atoms with E-state index in [1.54, 1.807) is 18.2 Å². The fourth-order valence-electron chi connectivity index (χ4n) is 3.26. The number of amides is 2. The van der Waals surface area contributed by atoms with Gasteiger partial charge in [-0.1, -0.05) is 59.6 Å². The molecule has 0 atom stereocenters. The molecule has 1 aliphatic heterocycles. The van der Waals surface area contributed by atoms with Crippen molar-refractivity contribution in [2.24, 2.45) is 5.92 Å². The van der Waals surface area contributed by atoms with Crippen LogP contribution >= 0.6 is 23.2 Å². The number of nitrogens with one attached hydrogen (secondary N) is 1. The third-order valence-electron chi connectivity index (χ3n) is 4.88. The Morgan fingerprint density at radius 3 is 2.41 bits per heavy atom. The molecule has 0 unspecified atom stereocenters. The monoisotopic (exact) mass is 404 g/mol. The molecular formula is C21H22Cl2N2O2. The van der Waals surface area contributed by atoms with Gasteiger partial charge in [-0.2, -0.15) is 0 Å². The van der Waals surface area contributed by atoms with E-state index in [0.717, 1.165) is 11.1 Å². The first-order valence-electron chi connectivity index (χ1n) is 9.06. The lowest BCUT2D eigenvalue weighted by Crippen LogP contribution is -2.43. The second-order valence-electron chi connectivity index (χ2n) is 6.77. The van der Waals surface area contributed by atoms with Crippen LogP contribution in [0.5, 0.6) is 0 Å². The number of nitrogens with zero attached hydrogens (tertiary/aromatic N) is 1. The average Bonchev–Trinajstić information content (AvgIpc) is 2.69. The molecule has 0 aromatic heterocycles. The van der Waals surface area contributed by atoms with E-state index < -0.39 is 0 Å². The van der Waals surface area contributed by atoms with Gasteiger partial charge >= 0.3 is 0 Å². The van der Waals surface area contributed by atoms with E-state index in [9.17, 15) is 9.59 Å². The van der Waals surface area contributed by atoms with Gasteiger partial charge in [-0.3, -0.25) is 9.59 Å².